The second-order valence-electron chi connectivity index (χ2n) is 1.93. The molecular formula is C5H6N4O2. The van der Waals surface area contributed by atoms with Crippen LogP contribution in [0.2, 0.25) is 0 Å². The zero-order chi connectivity index (χ0) is 7.52. The van der Waals surface area contributed by atoms with Gasteiger partial charge in [-0.15, -0.1) is 0 Å². The molecule has 2 rings (SSSR count). The average Bonchev–Trinajstić information content (AvgIpc) is 2.28. The van der Waals surface area contributed by atoms with Gasteiger partial charge in [-0.2, -0.15) is 0 Å². The van der Waals surface area contributed by atoms with Gasteiger partial charge in [0.1, 0.15) is 5.69 Å². The molecular weight excluding hydrogens is 148 g/mol. The number of fused-ring (bicyclic) bond motifs is 1. The van der Waals surface area contributed by atoms with E-state index in [9.17, 15) is 0 Å². The summed E-state index contributed by atoms with van der Waals surface area (Å²) in [5, 5.41) is 0. The second kappa shape index (κ2) is 2.79. The van der Waals surface area contributed by atoms with Crippen LogP contribution in [0.5, 0.6) is 5.88 Å². The first-order chi connectivity index (χ1) is 5.47. The van der Waals surface area contributed by atoms with Crippen LogP contribution in [0.15, 0.2) is 12.4 Å². The summed E-state index contributed by atoms with van der Waals surface area (Å²) in [4.78, 5) is 17.1. The largest absolute Gasteiger partial charge is 0.295 e. The number of nitrogens with one attached hydrogen (secondary N) is 2. The molecule has 0 fully saturated rings. The van der Waals surface area contributed by atoms with Crippen molar-refractivity contribution in [3.63, 3.8) is 0 Å². The number of aromatic nitrogens is 2. The molecule has 0 saturated carbocycles. The molecule has 2 heterocycles. The smallest absolute Gasteiger partial charge is 0.281 e. The molecule has 1 aromatic heterocycles. The molecule has 0 unspecified atom stereocenters. The van der Waals surface area contributed by atoms with E-state index in [-0.39, 0.29) is 0 Å². The number of nitrogens with zero attached hydrogens (tertiary/aromatic N) is 2. The van der Waals surface area contributed by atoms with Crippen LogP contribution in [0.25, 0.3) is 0 Å². The Kier molecular flexibility index (Phi) is 1.64. The Balaban J connectivity index is 2.33. The van der Waals surface area contributed by atoms with Gasteiger partial charge in [0.15, 0.2) is 0 Å². The Morgan fingerprint density at radius 1 is 1.36 bits per heavy atom. The molecule has 2 N–H and O–H groups in total. The summed E-state index contributed by atoms with van der Waals surface area (Å²) in [6.45, 7) is 0.517. The van der Waals surface area contributed by atoms with E-state index in [1.165, 1.54) is 6.20 Å². The summed E-state index contributed by atoms with van der Waals surface area (Å²) in [7, 11) is 0. The van der Waals surface area contributed by atoms with Gasteiger partial charge in [0, 0.05) is 12.4 Å². The first-order valence-electron chi connectivity index (χ1n) is 3.08. The lowest BCUT2D eigenvalue weighted by molar-refractivity contribution is -0.268. The average molecular weight is 154 g/mol. The highest BCUT2D eigenvalue weighted by atomic mass is 17.3. The molecule has 0 saturated heterocycles. The zero-order valence-corrected chi connectivity index (χ0v) is 5.57. The Morgan fingerprint density at radius 3 is 3.27 bits per heavy atom. The predicted octanol–water partition coefficient (Wildman–Crippen LogP) is -0.690. The van der Waals surface area contributed by atoms with Crippen molar-refractivity contribution in [2.24, 2.45) is 0 Å². The second-order valence-corrected chi connectivity index (χ2v) is 1.93. The highest BCUT2D eigenvalue weighted by Crippen LogP contribution is 2.11. The quantitative estimate of drug-likeness (QED) is 0.482. The van der Waals surface area contributed by atoms with E-state index in [1.54, 1.807) is 6.20 Å². The monoisotopic (exact) mass is 154 g/mol. The van der Waals surface area contributed by atoms with Gasteiger partial charge in [0.05, 0.1) is 6.54 Å². The molecule has 58 valence electrons. The Morgan fingerprint density at radius 2 is 2.27 bits per heavy atom. The molecule has 1 aliphatic rings. The molecule has 6 nitrogen and oxygen atoms in total. The third-order valence-corrected chi connectivity index (χ3v) is 1.23. The standard InChI is InChI=1S/C5H6N4O2/c1-2-7-5-4(6-1)3-8-9-11-10-5/h1-2,8-9H,3H2. The number of rotatable bonds is 0. The number of hydrazine groups is 1. The van der Waals surface area contributed by atoms with Crippen LogP contribution in [0.3, 0.4) is 0 Å². The summed E-state index contributed by atoms with van der Waals surface area (Å²) in [6.07, 6.45) is 3.13. The van der Waals surface area contributed by atoms with Crippen LogP contribution in [-0.4, -0.2) is 9.97 Å². The highest BCUT2D eigenvalue weighted by molar-refractivity contribution is 5.16. The first kappa shape index (κ1) is 6.47. The summed E-state index contributed by atoms with van der Waals surface area (Å²) in [5.74, 6) is 0.380. The maximum absolute atomic E-state index is 4.70. The third-order valence-electron chi connectivity index (χ3n) is 1.23. The van der Waals surface area contributed by atoms with Crippen molar-refractivity contribution in [1.82, 2.24) is 21.0 Å². The highest BCUT2D eigenvalue weighted by Gasteiger charge is 2.10. The lowest BCUT2D eigenvalue weighted by atomic mass is 10.4. The first-order valence-corrected chi connectivity index (χ1v) is 3.08. The molecule has 0 bridgehead atoms. The SMILES string of the molecule is c1cnc2c(n1)CNNOO2. The van der Waals surface area contributed by atoms with E-state index in [1.807, 2.05) is 0 Å². The lowest BCUT2D eigenvalue weighted by Gasteiger charge is -1.97. The minimum absolute atomic E-state index is 0.380. The van der Waals surface area contributed by atoms with E-state index in [2.05, 4.69) is 26.0 Å². The van der Waals surface area contributed by atoms with Crippen molar-refractivity contribution in [1.29, 1.82) is 0 Å². The van der Waals surface area contributed by atoms with Gasteiger partial charge in [-0.05, 0) is 0 Å². The van der Waals surface area contributed by atoms with Gasteiger partial charge in [0.25, 0.3) is 5.88 Å². The molecule has 0 amide bonds. The van der Waals surface area contributed by atoms with Crippen LogP contribution < -0.4 is 15.9 Å². The van der Waals surface area contributed by atoms with Gasteiger partial charge >= 0.3 is 0 Å². The van der Waals surface area contributed by atoms with Gasteiger partial charge in [0.2, 0.25) is 0 Å². The van der Waals surface area contributed by atoms with Gasteiger partial charge in [-0.25, -0.2) is 10.4 Å². The van der Waals surface area contributed by atoms with Crippen molar-refractivity contribution in [3.8, 4) is 5.88 Å². The minimum atomic E-state index is 0.380. The molecule has 0 radical (unpaired) electrons. The molecule has 0 atom stereocenters. The maximum Gasteiger partial charge on any atom is 0.281 e. The van der Waals surface area contributed by atoms with Gasteiger partial charge < -0.3 is 0 Å². The fourth-order valence-corrected chi connectivity index (χ4v) is 0.755. The van der Waals surface area contributed by atoms with Crippen LogP contribution >= 0.6 is 0 Å². The Hall–Kier alpha value is -1.24. The maximum atomic E-state index is 4.70. The third kappa shape index (κ3) is 1.27. The summed E-state index contributed by atoms with van der Waals surface area (Å²) in [6, 6.07) is 0. The molecule has 6 heteroatoms. The molecule has 1 aliphatic heterocycles. The van der Waals surface area contributed by atoms with Crippen molar-refractivity contribution in [2.45, 2.75) is 6.54 Å². The minimum Gasteiger partial charge on any atom is -0.295 e. The lowest BCUT2D eigenvalue weighted by Crippen LogP contribution is -2.29. The predicted molar refractivity (Wildman–Crippen MR) is 33.7 cm³/mol. The molecule has 11 heavy (non-hydrogen) atoms. The summed E-state index contributed by atoms with van der Waals surface area (Å²) < 4.78 is 0. The van der Waals surface area contributed by atoms with Crippen molar-refractivity contribution >= 4 is 0 Å². The van der Waals surface area contributed by atoms with Gasteiger partial charge in [-0.3, -0.25) is 9.87 Å². The van der Waals surface area contributed by atoms with Gasteiger partial charge in [-0.1, -0.05) is 10.6 Å². The van der Waals surface area contributed by atoms with Crippen LogP contribution in [-0.2, 0) is 11.5 Å². The molecule has 1 aromatic rings. The Bertz CT molecular complexity index is 229. The topological polar surface area (TPSA) is 68.3 Å². The van der Waals surface area contributed by atoms with E-state index < -0.39 is 0 Å². The normalized spacial score (nSPS) is 16.4. The number of hydrogen-bond donors (Lipinski definition) is 2. The van der Waals surface area contributed by atoms with Crippen LogP contribution in [0.4, 0.5) is 0 Å². The number of hydrogen-bond acceptors (Lipinski definition) is 6. The molecule has 0 spiro atoms. The van der Waals surface area contributed by atoms with E-state index in [0.29, 0.717) is 18.1 Å². The van der Waals surface area contributed by atoms with E-state index in [0.717, 1.165) is 0 Å². The van der Waals surface area contributed by atoms with Crippen LogP contribution in [0.1, 0.15) is 5.69 Å². The van der Waals surface area contributed by atoms with Crippen LogP contribution in [0, 0.1) is 0 Å². The van der Waals surface area contributed by atoms with E-state index in [4.69, 9.17) is 4.89 Å². The fourth-order valence-electron chi connectivity index (χ4n) is 0.755. The van der Waals surface area contributed by atoms with Crippen molar-refractivity contribution in [3.05, 3.63) is 18.1 Å². The van der Waals surface area contributed by atoms with E-state index >= 15 is 0 Å². The summed E-state index contributed by atoms with van der Waals surface area (Å²) in [5.41, 5.74) is 5.75. The molecule has 0 aliphatic carbocycles. The van der Waals surface area contributed by atoms with Crippen molar-refractivity contribution < 1.29 is 9.88 Å². The summed E-state index contributed by atoms with van der Waals surface area (Å²) >= 11 is 0. The zero-order valence-electron chi connectivity index (χ0n) is 5.57. The Labute approximate surface area is 62.4 Å². The van der Waals surface area contributed by atoms with Crippen molar-refractivity contribution in [2.75, 3.05) is 0 Å². The molecule has 0 aromatic carbocycles. The fraction of sp³-hybridized carbons (Fsp3) is 0.200.